The van der Waals surface area contributed by atoms with Gasteiger partial charge in [-0.15, -0.1) is 0 Å². The lowest BCUT2D eigenvalue weighted by molar-refractivity contribution is -0.121. The Balaban J connectivity index is 1.82. The van der Waals surface area contributed by atoms with Gasteiger partial charge in [0.15, 0.2) is 5.15 Å². The first-order chi connectivity index (χ1) is 10.6. The van der Waals surface area contributed by atoms with Gasteiger partial charge >= 0.3 is 0 Å². The second-order valence-electron chi connectivity index (χ2n) is 5.63. The maximum absolute atomic E-state index is 12.6. The fourth-order valence-electron chi connectivity index (χ4n) is 2.82. The predicted octanol–water partition coefficient (Wildman–Crippen LogP) is 2.01. The van der Waals surface area contributed by atoms with Crippen molar-refractivity contribution < 1.29 is 4.79 Å². The van der Waals surface area contributed by atoms with E-state index in [2.05, 4.69) is 10.1 Å². The van der Waals surface area contributed by atoms with Crippen LogP contribution in [0.3, 0.4) is 0 Å². The summed E-state index contributed by atoms with van der Waals surface area (Å²) in [6.45, 7) is 0. The number of carbonyl (C=O) groups is 1. The highest BCUT2D eigenvalue weighted by atomic mass is 35.5. The van der Waals surface area contributed by atoms with Gasteiger partial charge in [0.25, 0.3) is 0 Å². The Labute approximate surface area is 133 Å². The molecule has 2 N–H and O–H groups in total. The smallest absolute Gasteiger partial charge is 0.230 e. The molecule has 22 heavy (non-hydrogen) atoms. The molecule has 0 unspecified atom stereocenters. The van der Waals surface area contributed by atoms with Crippen LogP contribution < -0.4 is 10.6 Å². The number of halogens is 1. The monoisotopic (exact) mass is 319 g/mol. The Morgan fingerprint density at radius 3 is 2.95 bits per heavy atom. The number of anilines is 1. The molecule has 1 fully saturated rings. The average Bonchev–Trinajstić information content (AvgIpc) is 3.13. The molecule has 2 aromatic rings. The number of aromatic nitrogens is 3. The summed E-state index contributed by atoms with van der Waals surface area (Å²) in [4.78, 5) is 18.2. The van der Waals surface area contributed by atoms with Crippen molar-refractivity contribution in [1.29, 1.82) is 0 Å². The second kappa shape index (κ2) is 6.06. The van der Waals surface area contributed by atoms with Crippen LogP contribution in [0.25, 0.3) is 5.69 Å². The topological polar surface area (TPSA) is 77.0 Å². The summed E-state index contributed by atoms with van der Waals surface area (Å²) in [5.41, 5.74) is 7.28. The van der Waals surface area contributed by atoms with Crippen molar-refractivity contribution in [3.8, 4) is 5.69 Å². The summed E-state index contributed by atoms with van der Waals surface area (Å²) in [7, 11) is 1.72. The number of pyridine rings is 1. The van der Waals surface area contributed by atoms with Gasteiger partial charge in [0.1, 0.15) is 5.69 Å². The third-order valence-corrected chi connectivity index (χ3v) is 4.35. The van der Waals surface area contributed by atoms with E-state index in [0.29, 0.717) is 10.8 Å². The maximum atomic E-state index is 12.6. The Bertz CT molecular complexity index is 672. The van der Waals surface area contributed by atoms with E-state index in [9.17, 15) is 4.79 Å². The van der Waals surface area contributed by atoms with Gasteiger partial charge in [0, 0.05) is 25.2 Å². The number of rotatable bonds is 3. The van der Waals surface area contributed by atoms with Gasteiger partial charge in [0.05, 0.1) is 18.1 Å². The van der Waals surface area contributed by atoms with Gasteiger partial charge in [-0.05, 0) is 31.4 Å². The first-order valence-electron chi connectivity index (χ1n) is 7.25. The number of hydrogen-bond donors (Lipinski definition) is 1. The number of nitrogens with zero attached hydrogens (tertiary/aromatic N) is 4. The van der Waals surface area contributed by atoms with Crippen molar-refractivity contribution in [2.45, 2.75) is 25.3 Å². The first kappa shape index (κ1) is 15.0. The molecule has 0 radical (unpaired) electrons. The standard InChI is InChI=1S/C15H18ClN5O/c1-20(15(22)10-4-5-11(17)7-10)13-9-21(19-14(13)16)12-3-2-6-18-8-12/h2-3,6,8-11H,4-5,7,17H2,1H3/t10-,11+/m0/s1. The van der Waals surface area contributed by atoms with Crippen LogP contribution in [0.4, 0.5) is 5.69 Å². The highest BCUT2D eigenvalue weighted by Crippen LogP contribution is 2.30. The van der Waals surface area contributed by atoms with Gasteiger partial charge in [-0.25, -0.2) is 4.68 Å². The molecule has 3 rings (SSSR count). The molecule has 6 nitrogen and oxygen atoms in total. The van der Waals surface area contributed by atoms with E-state index >= 15 is 0 Å². The predicted molar refractivity (Wildman–Crippen MR) is 85.1 cm³/mol. The first-order valence-corrected chi connectivity index (χ1v) is 7.63. The number of hydrogen-bond acceptors (Lipinski definition) is 4. The van der Waals surface area contributed by atoms with E-state index in [4.69, 9.17) is 17.3 Å². The zero-order valence-corrected chi connectivity index (χ0v) is 13.1. The van der Waals surface area contributed by atoms with Crippen molar-refractivity contribution in [3.05, 3.63) is 35.9 Å². The summed E-state index contributed by atoms with van der Waals surface area (Å²) in [6.07, 6.45) is 7.58. The summed E-state index contributed by atoms with van der Waals surface area (Å²) < 4.78 is 1.62. The van der Waals surface area contributed by atoms with Gasteiger partial charge < -0.3 is 10.6 Å². The molecule has 0 saturated heterocycles. The molecule has 0 aromatic carbocycles. The van der Waals surface area contributed by atoms with E-state index in [1.165, 1.54) is 0 Å². The molecule has 2 aromatic heterocycles. The number of amides is 1. The minimum Gasteiger partial charge on any atom is -0.328 e. The Kier molecular flexibility index (Phi) is 4.13. The van der Waals surface area contributed by atoms with Crippen molar-refractivity contribution >= 4 is 23.2 Å². The van der Waals surface area contributed by atoms with Crippen LogP contribution in [0.1, 0.15) is 19.3 Å². The van der Waals surface area contributed by atoms with Crippen molar-refractivity contribution in [2.75, 3.05) is 11.9 Å². The molecule has 1 saturated carbocycles. The quantitative estimate of drug-likeness (QED) is 0.938. The van der Waals surface area contributed by atoms with Gasteiger partial charge in [0.2, 0.25) is 5.91 Å². The van der Waals surface area contributed by atoms with E-state index in [1.807, 2.05) is 12.1 Å². The third kappa shape index (κ3) is 2.84. The molecule has 0 aliphatic heterocycles. The molecule has 1 aliphatic carbocycles. The zero-order valence-electron chi connectivity index (χ0n) is 12.3. The van der Waals surface area contributed by atoms with E-state index in [0.717, 1.165) is 24.9 Å². The SMILES string of the molecule is CN(C(=O)[C@H]1CC[C@@H](N)C1)c1cn(-c2cccnc2)nc1Cl. The largest absolute Gasteiger partial charge is 0.328 e. The minimum absolute atomic E-state index is 0.0298. The third-order valence-electron chi connectivity index (χ3n) is 4.08. The van der Waals surface area contributed by atoms with Crippen molar-refractivity contribution in [1.82, 2.24) is 14.8 Å². The fourth-order valence-corrected chi connectivity index (χ4v) is 3.08. The maximum Gasteiger partial charge on any atom is 0.230 e. The number of nitrogens with two attached hydrogens (primary N) is 1. The minimum atomic E-state index is -0.0298. The fraction of sp³-hybridized carbons (Fsp3) is 0.400. The highest BCUT2D eigenvalue weighted by molar-refractivity contribution is 6.32. The van der Waals surface area contributed by atoms with Crippen LogP contribution >= 0.6 is 11.6 Å². The van der Waals surface area contributed by atoms with E-state index in [1.54, 1.807) is 35.2 Å². The van der Waals surface area contributed by atoms with Gasteiger partial charge in [-0.3, -0.25) is 9.78 Å². The Hall–Kier alpha value is -1.92. The van der Waals surface area contributed by atoms with E-state index in [-0.39, 0.29) is 17.9 Å². The lowest BCUT2D eigenvalue weighted by Gasteiger charge is -2.19. The van der Waals surface area contributed by atoms with E-state index < -0.39 is 0 Å². The zero-order chi connectivity index (χ0) is 15.7. The molecule has 1 amide bonds. The Morgan fingerprint density at radius 1 is 1.50 bits per heavy atom. The van der Waals surface area contributed by atoms with Gasteiger partial charge in [-0.2, -0.15) is 5.10 Å². The van der Waals surface area contributed by atoms with Gasteiger partial charge in [-0.1, -0.05) is 11.6 Å². The van der Waals surface area contributed by atoms with Crippen LogP contribution in [0.15, 0.2) is 30.7 Å². The molecule has 0 bridgehead atoms. The molecule has 1 aliphatic rings. The molecule has 116 valence electrons. The van der Waals surface area contributed by atoms with Crippen LogP contribution in [-0.2, 0) is 4.79 Å². The molecule has 0 spiro atoms. The normalized spacial score (nSPS) is 21.0. The lowest BCUT2D eigenvalue weighted by Crippen LogP contribution is -2.32. The van der Waals surface area contributed by atoms with Crippen LogP contribution in [-0.4, -0.2) is 33.8 Å². The van der Waals surface area contributed by atoms with Crippen LogP contribution in [0.5, 0.6) is 0 Å². The van der Waals surface area contributed by atoms with Crippen molar-refractivity contribution in [2.24, 2.45) is 11.7 Å². The molecular weight excluding hydrogens is 302 g/mol. The van der Waals surface area contributed by atoms with Crippen LogP contribution in [0.2, 0.25) is 5.15 Å². The second-order valence-corrected chi connectivity index (χ2v) is 5.99. The van der Waals surface area contributed by atoms with Crippen molar-refractivity contribution in [3.63, 3.8) is 0 Å². The summed E-state index contributed by atoms with van der Waals surface area (Å²) in [6, 6.07) is 3.81. The molecule has 7 heteroatoms. The molecular formula is C15H18ClN5O. The Morgan fingerprint density at radius 2 is 2.32 bits per heavy atom. The highest BCUT2D eigenvalue weighted by Gasteiger charge is 2.31. The lowest BCUT2D eigenvalue weighted by atomic mass is 10.1. The average molecular weight is 320 g/mol. The summed E-state index contributed by atoms with van der Waals surface area (Å²) >= 11 is 6.20. The molecule has 2 heterocycles. The van der Waals surface area contributed by atoms with Crippen LogP contribution in [0, 0.1) is 5.92 Å². The number of carbonyl (C=O) groups excluding carboxylic acids is 1. The molecule has 2 atom stereocenters. The summed E-state index contributed by atoms with van der Waals surface area (Å²) in [5, 5.41) is 4.54. The summed E-state index contributed by atoms with van der Waals surface area (Å²) in [5.74, 6) is 0.0124.